The Hall–Kier alpha value is -0.540. The lowest BCUT2D eigenvalue weighted by molar-refractivity contribution is 0.558. The van der Waals surface area contributed by atoms with Crippen molar-refractivity contribution in [3.63, 3.8) is 0 Å². The molecule has 0 aliphatic heterocycles. The van der Waals surface area contributed by atoms with Crippen molar-refractivity contribution < 1.29 is 0 Å². The zero-order valence-electron chi connectivity index (χ0n) is 10.1. The number of hydrogen-bond acceptors (Lipinski definition) is 2. The van der Waals surface area contributed by atoms with E-state index in [-0.39, 0.29) is 0 Å². The molecule has 1 nitrogen and oxygen atoms in total. The Labute approximate surface area is 122 Å². The van der Waals surface area contributed by atoms with E-state index in [1.807, 2.05) is 18.2 Å². The van der Waals surface area contributed by atoms with E-state index in [1.54, 1.807) is 11.3 Å². The molecular formula is C14H15Cl2NS. The van der Waals surface area contributed by atoms with E-state index in [2.05, 4.69) is 29.8 Å². The van der Waals surface area contributed by atoms with Crippen LogP contribution in [0.5, 0.6) is 0 Å². The number of hydrogen-bond donors (Lipinski definition) is 1. The third-order valence-electron chi connectivity index (χ3n) is 2.77. The standard InChI is InChI=1S/C14H15Cl2NS/c1-2-17-13(14-4-3-7-18-14)9-10-8-11(15)5-6-12(10)16/h3-8,13,17H,2,9H2,1H3. The number of likely N-dealkylation sites (N-methyl/N-ethyl adjacent to an activating group) is 1. The van der Waals surface area contributed by atoms with Gasteiger partial charge in [-0.05, 0) is 48.2 Å². The van der Waals surface area contributed by atoms with Gasteiger partial charge in [0.15, 0.2) is 0 Å². The van der Waals surface area contributed by atoms with E-state index in [4.69, 9.17) is 23.2 Å². The lowest BCUT2D eigenvalue weighted by Crippen LogP contribution is -2.22. The molecular weight excluding hydrogens is 285 g/mol. The molecule has 1 unspecified atom stereocenters. The number of benzene rings is 1. The van der Waals surface area contributed by atoms with Crippen LogP contribution in [0, 0.1) is 0 Å². The van der Waals surface area contributed by atoms with Crippen LogP contribution in [0.25, 0.3) is 0 Å². The molecule has 0 aliphatic carbocycles. The van der Waals surface area contributed by atoms with Crippen LogP contribution < -0.4 is 5.32 Å². The first-order chi connectivity index (χ1) is 8.70. The third-order valence-corrected chi connectivity index (χ3v) is 4.36. The Kier molecular flexibility index (Phi) is 5.07. The van der Waals surface area contributed by atoms with Gasteiger partial charge in [-0.3, -0.25) is 0 Å². The normalized spacial score (nSPS) is 12.6. The molecule has 0 fully saturated rings. The summed E-state index contributed by atoms with van der Waals surface area (Å²) in [5.41, 5.74) is 1.09. The summed E-state index contributed by atoms with van der Waals surface area (Å²) in [6, 6.07) is 10.1. The van der Waals surface area contributed by atoms with Gasteiger partial charge in [-0.2, -0.15) is 0 Å². The molecule has 1 aromatic heterocycles. The number of halogens is 2. The Morgan fingerprint density at radius 2 is 2.11 bits per heavy atom. The van der Waals surface area contributed by atoms with Gasteiger partial charge in [0, 0.05) is 21.0 Å². The lowest BCUT2D eigenvalue weighted by atomic mass is 10.0. The van der Waals surface area contributed by atoms with E-state index in [0.29, 0.717) is 6.04 Å². The van der Waals surface area contributed by atoms with E-state index in [1.165, 1.54) is 4.88 Å². The van der Waals surface area contributed by atoms with Crippen molar-refractivity contribution in [1.29, 1.82) is 0 Å². The SMILES string of the molecule is CCNC(Cc1cc(Cl)ccc1Cl)c1cccs1. The molecule has 18 heavy (non-hydrogen) atoms. The molecule has 0 amide bonds. The van der Waals surface area contributed by atoms with E-state index in [9.17, 15) is 0 Å². The van der Waals surface area contributed by atoms with Gasteiger partial charge >= 0.3 is 0 Å². The maximum Gasteiger partial charge on any atom is 0.0456 e. The summed E-state index contributed by atoms with van der Waals surface area (Å²) < 4.78 is 0. The molecule has 0 aliphatic rings. The summed E-state index contributed by atoms with van der Waals surface area (Å²) in [6.07, 6.45) is 0.855. The minimum Gasteiger partial charge on any atom is -0.309 e. The predicted molar refractivity (Wildman–Crippen MR) is 80.9 cm³/mol. The molecule has 4 heteroatoms. The van der Waals surface area contributed by atoms with Crippen LogP contribution in [0.3, 0.4) is 0 Å². The van der Waals surface area contributed by atoms with Crippen LogP contribution in [-0.4, -0.2) is 6.54 Å². The molecule has 1 N–H and O–H groups in total. The van der Waals surface area contributed by atoms with Crippen molar-refractivity contribution >= 4 is 34.5 Å². The zero-order valence-corrected chi connectivity index (χ0v) is 12.4. The van der Waals surface area contributed by atoms with Crippen molar-refractivity contribution in [2.45, 2.75) is 19.4 Å². The van der Waals surface area contributed by atoms with Gasteiger partial charge in [-0.15, -0.1) is 11.3 Å². The second kappa shape index (κ2) is 6.58. The van der Waals surface area contributed by atoms with Gasteiger partial charge in [0.25, 0.3) is 0 Å². The van der Waals surface area contributed by atoms with Crippen molar-refractivity contribution in [3.8, 4) is 0 Å². The van der Waals surface area contributed by atoms with E-state index < -0.39 is 0 Å². The Balaban J connectivity index is 2.21. The first-order valence-electron chi connectivity index (χ1n) is 5.91. The highest BCUT2D eigenvalue weighted by Gasteiger charge is 2.14. The molecule has 2 rings (SSSR count). The van der Waals surface area contributed by atoms with Crippen LogP contribution in [-0.2, 0) is 6.42 Å². The predicted octanol–water partition coefficient (Wildman–Crippen LogP) is 4.95. The highest BCUT2D eigenvalue weighted by atomic mass is 35.5. The summed E-state index contributed by atoms with van der Waals surface area (Å²) in [4.78, 5) is 1.33. The molecule has 1 atom stereocenters. The lowest BCUT2D eigenvalue weighted by Gasteiger charge is -2.17. The fourth-order valence-corrected chi connectivity index (χ4v) is 3.12. The number of nitrogens with one attached hydrogen (secondary N) is 1. The fraction of sp³-hybridized carbons (Fsp3) is 0.286. The van der Waals surface area contributed by atoms with Crippen LogP contribution in [0.1, 0.15) is 23.4 Å². The molecule has 2 aromatic rings. The number of rotatable bonds is 5. The van der Waals surface area contributed by atoms with Gasteiger partial charge in [0.1, 0.15) is 0 Å². The van der Waals surface area contributed by atoms with E-state index >= 15 is 0 Å². The minimum absolute atomic E-state index is 0.297. The van der Waals surface area contributed by atoms with Crippen molar-refractivity contribution in [2.75, 3.05) is 6.54 Å². The fourth-order valence-electron chi connectivity index (χ4n) is 1.93. The molecule has 1 aromatic carbocycles. The Morgan fingerprint density at radius 3 is 2.78 bits per heavy atom. The summed E-state index contributed by atoms with van der Waals surface area (Å²) in [6.45, 7) is 3.04. The van der Waals surface area contributed by atoms with Gasteiger partial charge in [-0.25, -0.2) is 0 Å². The van der Waals surface area contributed by atoms with Crippen molar-refractivity contribution in [1.82, 2.24) is 5.32 Å². The molecule has 1 heterocycles. The second-order valence-electron chi connectivity index (χ2n) is 4.07. The van der Waals surface area contributed by atoms with Gasteiger partial charge < -0.3 is 5.32 Å². The van der Waals surface area contributed by atoms with Gasteiger partial charge in [0.2, 0.25) is 0 Å². The second-order valence-corrected chi connectivity index (χ2v) is 5.89. The third kappa shape index (κ3) is 3.48. The van der Waals surface area contributed by atoms with Crippen LogP contribution >= 0.6 is 34.5 Å². The first-order valence-corrected chi connectivity index (χ1v) is 7.55. The molecule has 0 saturated carbocycles. The van der Waals surface area contributed by atoms with Gasteiger partial charge in [-0.1, -0.05) is 36.2 Å². The Morgan fingerprint density at radius 1 is 1.28 bits per heavy atom. The maximum absolute atomic E-state index is 6.22. The molecule has 0 saturated heterocycles. The first kappa shape index (κ1) is 13.9. The summed E-state index contributed by atoms with van der Waals surface area (Å²) in [5.74, 6) is 0. The van der Waals surface area contributed by atoms with Gasteiger partial charge in [0.05, 0.1) is 0 Å². The highest BCUT2D eigenvalue weighted by molar-refractivity contribution is 7.10. The smallest absolute Gasteiger partial charge is 0.0456 e. The topological polar surface area (TPSA) is 12.0 Å². The molecule has 0 radical (unpaired) electrons. The summed E-state index contributed by atoms with van der Waals surface area (Å²) >= 11 is 14.0. The Bertz CT molecular complexity index is 497. The molecule has 0 spiro atoms. The van der Waals surface area contributed by atoms with Crippen molar-refractivity contribution in [3.05, 3.63) is 56.2 Å². The highest BCUT2D eigenvalue weighted by Crippen LogP contribution is 2.28. The van der Waals surface area contributed by atoms with Crippen LogP contribution in [0.4, 0.5) is 0 Å². The largest absolute Gasteiger partial charge is 0.309 e. The quantitative estimate of drug-likeness (QED) is 0.824. The monoisotopic (exact) mass is 299 g/mol. The van der Waals surface area contributed by atoms with Crippen LogP contribution in [0.15, 0.2) is 35.7 Å². The molecule has 0 bridgehead atoms. The van der Waals surface area contributed by atoms with E-state index in [0.717, 1.165) is 28.6 Å². The van der Waals surface area contributed by atoms with Crippen LogP contribution in [0.2, 0.25) is 10.0 Å². The zero-order chi connectivity index (χ0) is 13.0. The molecule has 96 valence electrons. The van der Waals surface area contributed by atoms with Crippen molar-refractivity contribution in [2.24, 2.45) is 0 Å². The summed E-state index contributed by atoms with van der Waals surface area (Å²) in [7, 11) is 0. The minimum atomic E-state index is 0.297. The average molecular weight is 300 g/mol. The number of thiophene rings is 1. The summed E-state index contributed by atoms with van der Waals surface area (Å²) in [5, 5.41) is 7.09. The maximum atomic E-state index is 6.22. The average Bonchev–Trinajstić information content (AvgIpc) is 2.87.